The molecule has 1 aliphatic carbocycles. The van der Waals surface area contributed by atoms with Gasteiger partial charge in [-0.1, -0.05) is 0 Å². The van der Waals surface area contributed by atoms with Crippen molar-refractivity contribution in [3.8, 4) is 0 Å². The number of hydrogen-bond donors (Lipinski definition) is 1. The third kappa shape index (κ3) is 2.82. The zero-order valence-corrected chi connectivity index (χ0v) is 13.1. The van der Waals surface area contributed by atoms with E-state index in [1.54, 1.807) is 23.1 Å². The maximum Gasteiger partial charge on any atom is 0.240 e. The van der Waals surface area contributed by atoms with Crippen molar-refractivity contribution in [2.75, 3.05) is 11.4 Å². The molecule has 1 aromatic carbocycles. The van der Waals surface area contributed by atoms with Crippen LogP contribution in [-0.4, -0.2) is 26.9 Å². The Morgan fingerprint density at radius 3 is 2.71 bits per heavy atom. The summed E-state index contributed by atoms with van der Waals surface area (Å²) in [5, 5.41) is 0. The zero-order valence-electron chi connectivity index (χ0n) is 12.3. The van der Waals surface area contributed by atoms with Crippen molar-refractivity contribution in [3.05, 3.63) is 23.8 Å². The van der Waals surface area contributed by atoms with Crippen LogP contribution in [0.4, 0.5) is 5.69 Å². The molecule has 21 heavy (non-hydrogen) atoms. The molecule has 1 aromatic rings. The number of sulfonamides is 1. The summed E-state index contributed by atoms with van der Waals surface area (Å²) in [4.78, 5) is 13.7. The second-order valence-electron chi connectivity index (χ2n) is 6.03. The number of amides is 1. The lowest BCUT2D eigenvalue weighted by Crippen LogP contribution is -2.33. The molecule has 1 saturated carbocycles. The minimum absolute atomic E-state index is 0.0104. The van der Waals surface area contributed by atoms with Gasteiger partial charge in [0.1, 0.15) is 0 Å². The van der Waals surface area contributed by atoms with E-state index in [0.717, 1.165) is 24.1 Å². The number of anilines is 1. The van der Waals surface area contributed by atoms with Crippen molar-refractivity contribution < 1.29 is 13.2 Å². The fourth-order valence-electron chi connectivity index (χ4n) is 2.89. The Bertz CT molecular complexity index is 680. The van der Waals surface area contributed by atoms with Gasteiger partial charge >= 0.3 is 0 Å². The molecule has 1 atom stereocenters. The Kier molecular flexibility index (Phi) is 3.53. The second kappa shape index (κ2) is 5.10. The van der Waals surface area contributed by atoms with Crippen LogP contribution >= 0.6 is 0 Å². The second-order valence-corrected chi connectivity index (χ2v) is 7.79. The number of nitrogens with zero attached hydrogens (tertiary/aromatic N) is 1. The lowest BCUT2D eigenvalue weighted by Gasteiger charge is -2.20. The molecule has 6 heteroatoms. The topological polar surface area (TPSA) is 66.5 Å². The first-order valence-corrected chi connectivity index (χ1v) is 8.79. The molecule has 0 aromatic heterocycles. The molecular formula is C15H20N2O3S. The van der Waals surface area contributed by atoms with Gasteiger partial charge in [0.25, 0.3) is 0 Å². The standard InChI is InChI=1S/C15H20N2O3S/c1-10-7-13-8-14(5-6-15(13)17(10)11(2)18)21(19,20)16-9-12-3-4-12/h5-6,8,10,12,16H,3-4,7,9H2,1-2H3/t10-/m1/s1. The van der Waals surface area contributed by atoms with E-state index in [2.05, 4.69) is 4.72 Å². The van der Waals surface area contributed by atoms with E-state index >= 15 is 0 Å². The van der Waals surface area contributed by atoms with Crippen molar-refractivity contribution in [2.45, 2.75) is 44.0 Å². The lowest BCUT2D eigenvalue weighted by atomic mass is 10.1. The van der Waals surface area contributed by atoms with Crippen molar-refractivity contribution in [1.29, 1.82) is 0 Å². The molecule has 1 aliphatic heterocycles. The molecule has 114 valence electrons. The molecule has 2 aliphatic rings. The van der Waals surface area contributed by atoms with E-state index in [0.29, 0.717) is 23.8 Å². The van der Waals surface area contributed by atoms with Gasteiger partial charge in [0.15, 0.2) is 0 Å². The average Bonchev–Trinajstić information content (AvgIpc) is 3.16. The summed E-state index contributed by atoms with van der Waals surface area (Å²) in [7, 11) is -3.45. The van der Waals surface area contributed by atoms with Crippen LogP contribution in [0, 0.1) is 5.92 Å². The van der Waals surface area contributed by atoms with Crippen LogP contribution in [-0.2, 0) is 21.2 Å². The highest BCUT2D eigenvalue weighted by Gasteiger charge is 2.30. The summed E-state index contributed by atoms with van der Waals surface area (Å²) in [6.45, 7) is 4.03. The SMILES string of the molecule is CC(=O)N1c2ccc(S(=O)(=O)NCC3CC3)cc2C[C@H]1C. The van der Waals surface area contributed by atoms with E-state index in [-0.39, 0.29) is 11.9 Å². The van der Waals surface area contributed by atoms with Gasteiger partial charge in [0, 0.05) is 25.2 Å². The van der Waals surface area contributed by atoms with Crippen LogP contribution in [0.15, 0.2) is 23.1 Å². The summed E-state index contributed by atoms with van der Waals surface area (Å²) in [5.74, 6) is 0.492. The normalized spacial score (nSPS) is 21.4. The molecule has 0 unspecified atom stereocenters. The minimum atomic E-state index is -3.45. The zero-order chi connectivity index (χ0) is 15.2. The molecule has 0 saturated heterocycles. The van der Waals surface area contributed by atoms with Gasteiger partial charge < -0.3 is 4.90 Å². The maximum atomic E-state index is 12.3. The maximum absolute atomic E-state index is 12.3. The van der Waals surface area contributed by atoms with Crippen molar-refractivity contribution in [3.63, 3.8) is 0 Å². The number of benzene rings is 1. The quantitative estimate of drug-likeness (QED) is 0.920. The van der Waals surface area contributed by atoms with Gasteiger partial charge in [0.2, 0.25) is 15.9 Å². The number of carbonyl (C=O) groups is 1. The fraction of sp³-hybridized carbons (Fsp3) is 0.533. The van der Waals surface area contributed by atoms with Crippen LogP contribution in [0.5, 0.6) is 0 Å². The summed E-state index contributed by atoms with van der Waals surface area (Å²) in [6.07, 6.45) is 2.91. The Hall–Kier alpha value is -1.40. The van der Waals surface area contributed by atoms with Crippen LogP contribution in [0.2, 0.25) is 0 Å². The van der Waals surface area contributed by atoms with Gasteiger partial charge in [-0.15, -0.1) is 0 Å². The van der Waals surface area contributed by atoms with Crippen LogP contribution < -0.4 is 9.62 Å². The number of rotatable bonds is 4. The largest absolute Gasteiger partial charge is 0.309 e. The molecule has 0 radical (unpaired) electrons. The summed E-state index contributed by atoms with van der Waals surface area (Å²) in [5.41, 5.74) is 1.75. The molecule has 1 fully saturated rings. The molecule has 1 N–H and O–H groups in total. The first-order valence-electron chi connectivity index (χ1n) is 7.31. The summed E-state index contributed by atoms with van der Waals surface area (Å²) in [6, 6.07) is 5.10. The van der Waals surface area contributed by atoms with Crippen LogP contribution in [0.1, 0.15) is 32.3 Å². The molecule has 0 bridgehead atoms. The van der Waals surface area contributed by atoms with Crippen LogP contribution in [0.3, 0.4) is 0 Å². The predicted molar refractivity (Wildman–Crippen MR) is 80.7 cm³/mol. The fourth-order valence-corrected chi connectivity index (χ4v) is 4.05. The van der Waals surface area contributed by atoms with Gasteiger partial charge in [0.05, 0.1) is 4.90 Å². The highest BCUT2D eigenvalue weighted by atomic mass is 32.2. The third-order valence-corrected chi connectivity index (χ3v) is 5.60. The van der Waals surface area contributed by atoms with Gasteiger partial charge in [-0.05, 0) is 55.9 Å². The lowest BCUT2D eigenvalue weighted by molar-refractivity contribution is -0.116. The molecule has 1 amide bonds. The van der Waals surface area contributed by atoms with Gasteiger partial charge in [-0.25, -0.2) is 13.1 Å². The molecule has 0 spiro atoms. The monoisotopic (exact) mass is 308 g/mol. The number of nitrogens with one attached hydrogen (secondary N) is 1. The predicted octanol–water partition coefficient (Wildman–Crippen LogP) is 1.67. The van der Waals surface area contributed by atoms with Crippen molar-refractivity contribution >= 4 is 21.6 Å². The van der Waals surface area contributed by atoms with Gasteiger partial charge in [-0.2, -0.15) is 0 Å². The van der Waals surface area contributed by atoms with Crippen molar-refractivity contribution in [1.82, 2.24) is 4.72 Å². The molecule has 3 rings (SSSR count). The Morgan fingerprint density at radius 1 is 1.38 bits per heavy atom. The molecular weight excluding hydrogens is 288 g/mol. The first kappa shape index (κ1) is 14.5. The third-order valence-electron chi connectivity index (χ3n) is 4.18. The van der Waals surface area contributed by atoms with E-state index < -0.39 is 10.0 Å². The smallest absolute Gasteiger partial charge is 0.240 e. The first-order chi connectivity index (χ1) is 9.88. The number of carbonyl (C=O) groups excluding carboxylic acids is 1. The Balaban J connectivity index is 1.86. The highest BCUT2D eigenvalue weighted by molar-refractivity contribution is 7.89. The van der Waals surface area contributed by atoms with E-state index in [1.807, 2.05) is 6.92 Å². The average molecular weight is 308 g/mol. The molecule has 1 heterocycles. The summed E-state index contributed by atoms with van der Waals surface area (Å²) >= 11 is 0. The minimum Gasteiger partial charge on any atom is -0.309 e. The van der Waals surface area contributed by atoms with Crippen molar-refractivity contribution in [2.24, 2.45) is 5.92 Å². The van der Waals surface area contributed by atoms with Crippen LogP contribution in [0.25, 0.3) is 0 Å². The highest BCUT2D eigenvalue weighted by Crippen LogP contribution is 2.34. The number of hydrogen-bond acceptors (Lipinski definition) is 3. The van der Waals surface area contributed by atoms with E-state index in [1.165, 1.54) is 6.92 Å². The number of fused-ring (bicyclic) bond motifs is 1. The van der Waals surface area contributed by atoms with Gasteiger partial charge in [-0.3, -0.25) is 4.79 Å². The molecule has 5 nitrogen and oxygen atoms in total. The Morgan fingerprint density at radius 2 is 2.10 bits per heavy atom. The summed E-state index contributed by atoms with van der Waals surface area (Å²) < 4.78 is 27.2. The Labute approximate surface area is 125 Å². The van der Waals surface area contributed by atoms with E-state index in [4.69, 9.17) is 0 Å². The van der Waals surface area contributed by atoms with E-state index in [9.17, 15) is 13.2 Å².